The van der Waals surface area contributed by atoms with E-state index < -0.39 is 17.9 Å². The van der Waals surface area contributed by atoms with Crippen LogP contribution in [0.15, 0.2) is 24.3 Å². The minimum absolute atomic E-state index is 0.220. The number of carbonyl (C=O) groups excluding carboxylic acids is 2. The second kappa shape index (κ2) is 6.53. The molecule has 0 aromatic heterocycles. The van der Waals surface area contributed by atoms with Crippen molar-refractivity contribution < 1.29 is 19.5 Å². The van der Waals surface area contributed by atoms with Crippen molar-refractivity contribution in [1.82, 2.24) is 5.32 Å². The summed E-state index contributed by atoms with van der Waals surface area (Å²) in [6, 6.07) is 6.67. The van der Waals surface area contributed by atoms with Crippen LogP contribution in [0.4, 0.5) is 10.5 Å². The zero-order chi connectivity index (χ0) is 14.4. The maximum atomic E-state index is 11.8. The van der Waals surface area contributed by atoms with Gasteiger partial charge in [-0.3, -0.25) is 19.8 Å². The topological polar surface area (TPSA) is 86.7 Å². The van der Waals surface area contributed by atoms with Crippen LogP contribution >= 0.6 is 0 Å². The van der Waals surface area contributed by atoms with Crippen LogP contribution in [0.2, 0.25) is 0 Å². The summed E-state index contributed by atoms with van der Waals surface area (Å²) in [5.41, 5.74) is 1.59. The second-order valence-corrected chi connectivity index (χ2v) is 4.09. The van der Waals surface area contributed by atoms with Crippen LogP contribution in [-0.2, 0) is 9.59 Å². The van der Waals surface area contributed by atoms with Gasteiger partial charge in [0.15, 0.2) is 0 Å². The van der Waals surface area contributed by atoms with Gasteiger partial charge in [-0.05, 0) is 18.6 Å². The van der Waals surface area contributed by atoms with E-state index in [9.17, 15) is 14.4 Å². The smallest absolute Gasteiger partial charge is 0.328 e. The number of amides is 3. The van der Waals surface area contributed by atoms with Gasteiger partial charge in [-0.1, -0.05) is 18.2 Å². The molecule has 6 heteroatoms. The molecule has 2 N–H and O–H groups in total. The first-order chi connectivity index (χ1) is 8.91. The van der Waals surface area contributed by atoms with Crippen molar-refractivity contribution >= 4 is 23.6 Å². The van der Waals surface area contributed by atoms with E-state index in [1.165, 1.54) is 4.90 Å². The molecule has 0 heterocycles. The quantitative estimate of drug-likeness (QED) is 0.863. The maximum Gasteiger partial charge on any atom is 0.328 e. The third-order valence-corrected chi connectivity index (χ3v) is 2.59. The SMILES string of the molecule is Cc1ccccc1N(C)C(=O)NC(=O)CCC(=O)O. The number of hydrogen-bond acceptors (Lipinski definition) is 3. The van der Waals surface area contributed by atoms with E-state index in [-0.39, 0.29) is 12.8 Å². The zero-order valence-electron chi connectivity index (χ0n) is 10.8. The molecule has 1 aromatic carbocycles. The van der Waals surface area contributed by atoms with Crippen molar-refractivity contribution in [3.8, 4) is 0 Å². The Hall–Kier alpha value is -2.37. The molecule has 3 amide bonds. The second-order valence-electron chi connectivity index (χ2n) is 4.09. The Labute approximate surface area is 111 Å². The van der Waals surface area contributed by atoms with Crippen molar-refractivity contribution in [3.05, 3.63) is 29.8 Å². The molecule has 102 valence electrons. The van der Waals surface area contributed by atoms with Gasteiger partial charge >= 0.3 is 12.0 Å². The Balaban J connectivity index is 2.61. The van der Waals surface area contributed by atoms with Crippen molar-refractivity contribution in [1.29, 1.82) is 0 Å². The number of aliphatic carboxylic acids is 1. The highest BCUT2D eigenvalue weighted by molar-refractivity contribution is 6.03. The standard InChI is InChI=1S/C13H16N2O4/c1-9-5-3-4-6-10(9)15(2)13(19)14-11(16)7-8-12(17)18/h3-6H,7-8H2,1-2H3,(H,17,18)(H,14,16,19). The zero-order valence-corrected chi connectivity index (χ0v) is 10.8. The lowest BCUT2D eigenvalue weighted by atomic mass is 10.2. The lowest BCUT2D eigenvalue weighted by Gasteiger charge is -2.19. The van der Waals surface area contributed by atoms with Gasteiger partial charge in [-0.25, -0.2) is 4.79 Å². The molecule has 6 nitrogen and oxygen atoms in total. The first-order valence-corrected chi connectivity index (χ1v) is 5.76. The number of carboxylic acid groups (broad SMARTS) is 1. The first-order valence-electron chi connectivity index (χ1n) is 5.76. The number of para-hydroxylation sites is 1. The van der Waals surface area contributed by atoms with Crippen LogP contribution in [0, 0.1) is 6.92 Å². The molecule has 0 aliphatic rings. The number of rotatable bonds is 4. The summed E-state index contributed by atoms with van der Waals surface area (Å²) in [5.74, 6) is -1.68. The van der Waals surface area contributed by atoms with E-state index >= 15 is 0 Å². The molecular formula is C13H16N2O4. The Morgan fingerprint density at radius 1 is 1.21 bits per heavy atom. The molecule has 0 bridgehead atoms. The fourth-order valence-corrected chi connectivity index (χ4v) is 1.54. The average molecular weight is 264 g/mol. The minimum Gasteiger partial charge on any atom is -0.481 e. The lowest BCUT2D eigenvalue weighted by Crippen LogP contribution is -2.41. The Bertz CT molecular complexity index is 499. The highest BCUT2D eigenvalue weighted by Crippen LogP contribution is 2.17. The summed E-state index contributed by atoms with van der Waals surface area (Å²) >= 11 is 0. The van der Waals surface area contributed by atoms with Crippen LogP contribution < -0.4 is 10.2 Å². The molecule has 0 spiro atoms. The summed E-state index contributed by atoms with van der Waals surface area (Å²) in [5, 5.41) is 10.6. The monoisotopic (exact) mass is 264 g/mol. The molecule has 19 heavy (non-hydrogen) atoms. The van der Waals surface area contributed by atoms with Crippen molar-refractivity contribution in [2.75, 3.05) is 11.9 Å². The summed E-state index contributed by atoms with van der Waals surface area (Å²) in [7, 11) is 1.54. The molecule has 0 aliphatic heterocycles. The van der Waals surface area contributed by atoms with Crippen LogP contribution in [0.1, 0.15) is 18.4 Å². The first kappa shape index (κ1) is 14.7. The van der Waals surface area contributed by atoms with Gasteiger partial charge < -0.3 is 5.11 Å². The number of hydrogen-bond donors (Lipinski definition) is 2. The summed E-state index contributed by atoms with van der Waals surface area (Å²) in [4.78, 5) is 34.8. The number of carboxylic acids is 1. The molecule has 0 unspecified atom stereocenters. The number of nitrogens with one attached hydrogen (secondary N) is 1. The number of aryl methyl sites for hydroxylation is 1. The van der Waals surface area contributed by atoms with Gasteiger partial charge in [0.25, 0.3) is 0 Å². The fraction of sp³-hybridized carbons (Fsp3) is 0.308. The summed E-state index contributed by atoms with van der Waals surface area (Å²) < 4.78 is 0. The van der Waals surface area contributed by atoms with Crippen LogP contribution in [0.5, 0.6) is 0 Å². The number of anilines is 1. The minimum atomic E-state index is -1.07. The molecular weight excluding hydrogens is 248 g/mol. The third kappa shape index (κ3) is 4.42. The van der Waals surface area contributed by atoms with E-state index in [0.29, 0.717) is 5.69 Å². The van der Waals surface area contributed by atoms with Crippen molar-refractivity contribution in [3.63, 3.8) is 0 Å². The lowest BCUT2D eigenvalue weighted by molar-refractivity contribution is -0.138. The molecule has 1 aromatic rings. The van der Waals surface area contributed by atoms with Crippen LogP contribution in [0.25, 0.3) is 0 Å². The summed E-state index contributed by atoms with van der Waals surface area (Å²) in [6.45, 7) is 1.85. The van der Waals surface area contributed by atoms with E-state index in [4.69, 9.17) is 5.11 Å². The van der Waals surface area contributed by atoms with Crippen molar-refractivity contribution in [2.45, 2.75) is 19.8 Å². The molecule has 0 fully saturated rings. The number of imide groups is 1. The van der Waals surface area contributed by atoms with E-state index in [1.54, 1.807) is 19.2 Å². The Morgan fingerprint density at radius 3 is 2.42 bits per heavy atom. The molecule has 1 rings (SSSR count). The number of benzene rings is 1. The average Bonchev–Trinajstić information content (AvgIpc) is 2.36. The summed E-state index contributed by atoms with van der Waals surface area (Å²) in [6.07, 6.45) is -0.518. The van der Waals surface area contributed by atoms with Gasteiger partial charge in [0.1, 0.15) is 0 Å². The van der Waals surface area contributed by atoms with Gasteiger partial charge in [0.05, 0.1) is 6.42 Å². The normalized spacial score (nSPS) is 9.79. The largest absolute Gasteiger partial charge is 0.481 e. The van der Waals surface area contributed by atoms with Crippen LogP contribution in [0.3, 0.4) is 0 Å². The maximum absolute atomic E-state index is 11.8. The molecule has 0 saturated heterocycles. The highest BCUT2D eigenvalue weighted by atomic mass is 16.4. The predicted molar refractivity (Wildman–Crippen MR) is 70.0 cm³/mol. The number of urea groups is 1. The molecule has 0 atom stereocenters. The fourth-order valence-electron chi connectivity index (χ4n) is 1.54. The Kier molecular flexibility index (Phi) is 5.05. The predicted octanol–water partition coefficient (Wildman–Crippen LogP) is 1.53. The number of carbonyl (C=O) groups is 3. The highest BCUT2D eigenvalue weighted by Gasteiger charge is 2.15. The van der Waals surface area contributed by atoms with Gasteiger partial charge in [0.2, 0.25) is 5.91 Å². The molecule has 0 saturated carbocycles. The molecule has 0 aliphatic carbocycles. The van der Waals surface area contributed by atoms with Gasteiger partial charge in [-0.2, -0.15) is 0 Å². The molecule has 0 radical (unpaired) electrons. The number of nitrogens with zero attached hydrogens (tertiary/aromatic N) is 1. The van der Waals surface area contributed by atoms with E-state index in [1.807, 2.05) is 19.1 Å². The van der Waals surface area contributed by atoms with E-state index in [2.05, 4.69) is 5.32 Å². The Morgan fingerprint density at radius 2 is 1.84 bits per heavy atom. The third-order valence-electron chi connectivity index (χ3n) is 2.59. The van der Waals surface area contributed by atoms with E-state index in [0.717, 1.165) is 5.56 Å². The van der Waals surface area contributed by atoms with Crippen LogP contribution in [-0.4, -0.2) is 30.1 Å². The van der Waals surface area contributed by atoms with Gasteiger partial charge in [-0.15, -0.1) is 0 Å². The van der Waals surface area contributed by atoms with Crippen molar-refractivity contribution in [2.24, 2.45) is 0 Å². The van der Waals surface area contributed by atoms with Gasteiger partial charge in [0, 0.05) is 19.2 Å².